The Morgan fingerprint density at radius 3 is 2.74 bits per heavy atom. The van der Waals surface area contributed by atoms with Gasteiger partial charge in [0.2, 0.25) is 0 Å². The second-order valence-electron chi connectivity index (χ2n) is 8.90. The van der Waals surface area contributed by atoms with Crippen molar-refractivity contribution in [3.8, 4) is 16.5 Å². The molecule has 5 nitrogen and oxygen atoms in total. The Morgan fingerprint density at radius 1 is 1.16 bits per heavy atom. The largest absolute Gasteiger partial charge is 0.470 e. The van der Waals surface area contributed by atoms with Crippen LogP contribution in [0, 0.1) is 11.8 Å². The van der Waals surface area contributed by atoms with Crippen LogP contribution in [0.25, 0.3) is 11.3 Å². The number of halogens is 1. The van der Waals surface area contributed by atoms with Gasteiger partial charge < -0.3 is 14.8 Å². The molecule has 3 heterocycles. The van der Waals surface area contributed by atoms with Crippen molar-refractivity contribution in [1.82, 2.24) is 15.3 Å². The number of pyridine rings is 1. The van der Waals surface area contributed by atoms with Gasteiger partial charge in [0, 0.05) is 42.1 Å². The molecule has 0 atom stereocenters. The Labute approximate surface area is 194 Å². The number of hydrogen-bond donors (Lipinski definition) is 1. The van der Waals surface area contributed by atoms with Crippen molar-refractivity contribution >= 4 is 22.9 Å². The Morgan fingerprint density at radius 2 is 1.97 bits per heavy atom. The van der Waals surface area contributed by atoms with Crippen LogP contribution in [0.2, 0.25) is 5.02 Å². The first-order chi connectivity index (χ1) is 15.2. The minimum atomic E-state index is 0.560. The second kappa shape index (κ2) is 11.6. The molecule has 2 fully saturated rings. The molecule has 0 unspecified atom stereocenters. The average molecular weight is 464 g/mol. The van der Waals surface area contributed by atoms with Crippen molar-refractivity contribution in [1.29, 1.82) is 0 Å². The predicted molar refractivity (Wildman–Crippen MR) is 127 cm³/mol. The lowest BCUT2D eigenvalue weighted by molar-refractivity contribution is 0.0497. The molecule has 1 saturated carbocycles. The van der Waals surface area contributed by atoms with Gasteiger partial charge in [0.25, 0.3) is 5.19 Å². The summed E-state index contributed by atoms with van der Waals surface area (Å²) in [6.45, 7) is 5.74. The summed E-state index contributed by atoms with van der Waals surface area (Å²) in [7, 11) is 0. The molecule has 4 rings (SSSR count). The fraction of sp³-hybridized carbons (Fsp3) is 0.667. The number of thiazole rings is 1. The Bertz CT molecular complexity index is 817. The molecular weight excluding hydrogens is 430 g/mol. The number of hydrogen-bond acceptors (Lipinski definition) is 6. The summed E-state index contributed by atoms with van der Waals surface area (Å²) in [5.74, 6) is 1.26. The molecular formula is C24H34ClN3O2S. The number of nitrogens with one attached hydrogen (secondary N) is 1. The lowest BCUT2D eigenvalue weighted by atomic mass is 9.83. The molecule has 0 aromatic carbocycles. The molecule has 1 aliphatic heterocycles. The smallest absolute Gasteiger partial charge is 0.273 e. The van der Waals surface area contributed by atoms with Gasteiger partial charge >= 0.3 is 0 Å². The summed E-state index contributed by atoms with van der Waals surface area (Å²) < 4.78 is 11.4. The van der Waals surface area contributed by atoms with E-state index in [0.717, 1.165) is 56.0 Å². The van der Waals surface area contributed by atoms with Crippen molar-refractivity contribution in [2.45, 2.75) is 64.3 Å². The van der Waals surface area contributed by atoms with Gasteiger partial charge in [-0.3, -0.25) is 4.98 Å². The summed E-state index contributed by atoms with van der Waals surface area (Å²) in [5, 5.41) is 7.07. The summed E-state index contributed by atoms with van der Waals surface area (Å²) in [5.41, 5.74) is 2.96. The number of aromatic nitrogens is 2. The maximum Gasteiger partial charge on any atom is 0.273 e. The van der Waals surface area contributed by atoms with Gasteiger partial charge in [0.1, 0.15) is 0 Å². The van der Waals surface area contributed by atoms with Crippen LogP contribution >= 0.6 is 22.9 Å². The van der Waals surface area contributed by atoms with Crippen molar-refractivity contribution in [2.24, 2.45) is 11.8 Å². The normalized spacial score (nSPS) is 22.5. The van der Waals surface area contributed by atoms with Crippen molar-refractivity contribution in [3.63, 3.8) is 0 Å². The fourth-order valence-corrected chi connectivity index (χ4v) is 5.43. The fourth-order valence-electron chi connectivity index (χ4n) is 4.55. The Hall–Kier alpha value is -1.21. The highest BCUT2D eigenvalue weighted by Gasteiger charge is 2.22. The van der Waals surface area contributed by atoms with Crippen LogP contribution in [0.3, 0.4) is 0 Å². The third-order valence-electron chi connectivity index (χ3n) is 6.48. The first-order valence-electron chi connectivity index (χ1n) is 11.8. The van der Waals surface area contributed by atoms with Crippen LogP contribution in [0.5, 0.6) is 5.19 Å². The van der Waals surface area contributed by atoms with Crippen LogP contribution in [-0.2, 0) is 11.2 Å². The van der Waals surface area contributed by atoms with Gasteiger partial charge in [-0.1, -0.05) is 29.9 Å². The topological polar surface area (TPSA) is 56.3 Å². The van der Waals surface area contributed by atoms with Crippen LogP contribution in [-0.4, -0.2) is 42.4 Å². The molecule has 170 valence electrons. The summed E-state index contributed by atoms with van der Waals surface area (Å²) in [6.07, 6.45) is 11.2. The highest BCUT2D eigenvalue weighted by Crippen LogP contribution is 2.33. The van der Waals surface area contributed by atoms with Gasteiger partial charge in [0.15, 0.2) is 0 Å². The average Bonchev–Trinajstić information content (AvgIpc) is 3.28. The van der Waals surface area contributed by atoms with E-state index in [1.165, 1.54) is 43.4 Å². The van der Waals surface area contributed by atoms with E-state index in [1.807, 2.05) is 5.38 Å². The number of rotatable bonds is 9. The third kappa shape index (κ3) is 6.64. The number of nitrogens with zero attached hydrogens (tertiary/aromatic N) is 2. The van der Waals surface area contributed by atoms with Crippen molar-refractivity contribution in [2.75, 3.05) is 26.4 Å². The van der Waals surface area contributed by atoms with E-state index in [2.05, 4.69) is 23.3 Å². The van der Waals surface area contributed by atoms with E-state index in [0.29, 0.717) is 34.7 Å². The summed E-state index contributed by atoms with van der Waals surface area (Å²) in [6, 6.07) is 2.82. The van der Waals surface area contributed by atoms with Crippen LogP contribution in [0.1, 0.15) is 57.6 Å². The molecule has 2 aromatic rings. The molecule has 0 radical (unpaired) electrons. The molecule has 0 amide bonds. The van der Waals surface area contributed by atoms with E-state index in [4.69, 9.17) is 26.1 Å². The highest BCUT2D eigenvalue weighted by atomic mass is 35.5. The highest BCUT2D eigenvalue weighted by molar-refractivity contribution is 7.11. The van der Waals surface area contributed by atoms with Crippen molar-refractivity contribution < 1.29 is 9.47 Å². The zero-order valence-corrected chi connectivity index (χ0v) is 20.0. The minimum absolute atomic E-state index is 0.560. The molecule has 1 N–H and O–H groups in total. The van der Waals surface area contributed by atoms with E-state index in [1.54, 1.807) is 6.20 Å². The Balaban J connectivity index is 1.33. The van der Waals surface area contributed by atoms with Gasteiger partial charge in [-0.05, 0) is 75.8 Å². The zero-order valence-electron chi connectivity index (χ0n) is 18.4. The summed E-state index contributed by atoms with van der Waals surface area (Å²) in [4.78, 5) is 9.31. The molecule has 7 heteroatoms. The summed E-state index contributed by atoms with van der Waals surface area (Å²) >= 11 is 8.03. The zero-order chi connectivity index (χ0) is 21.5. The molecule has 0 spiro atoms. The minimum Gasteiger partial charge on any atom is -0.470 e. The number of ether oxygens (including phenoxy) is 2. The van der Waals surface area contributed by atoms with Gasteiger partial charge in [-0.15, -0.1) is 0 Å². The van der Waals surface area contributed by atoms with Crippen LogP contribution in [0.4, 0.5) is 0 Å². The van der Waals surface area contributed by atoms with E-state index < -0.39 is 0 Å². The first kappa shape index (κ1) is 23.0. The molecule has 1 saturated heterocycles. The monoisotopic (exact) mass is 463 g/mol. The molecule has 1 aliphatic carbocycles. The third-order valence-corrected chi connectivity index (χ3v) is 7.54. The van der Waals surface area contributed by atoms with E-state index >= 15 is 0 Å². The van der Waals surface area contributed by atoms with E-state index in [-0.39, 0.29) is 0 Å². The van der Waals surface area contributed by atoms with Crippen LogP contribution < -0.4 is 10.1 Å². The van der Waals surface area contributed by atoms with Gasteiger partial charge in [0.05, 0.1) is 17.3 Å². The lowest BCUT2D eigenvalue weighted by Gasteiger charge is -2.29. The molecule has 2 aromatic heterocycles. The maximum atomic E-state index is 6.49. The van der Waals surface area contributed by atoms with Crippen LogP contribution in [0.15, 0.2) is 17.6 Å². The quantitative estimate of drug-likeness (QED) is 0.512. The predicted octanol–water partition coefficient (Wildman–Crippen LogP) is 5.76. The second-order valence-corrected chi connectivity index (χ2v) is 10.1. The van der Waals surface area contributed by atoms with Gasteiger partial charge in [-0.2, -0.15) is 0 Å². The maximum absolute atomic E-state index is 6.49. The molecule has 2 aliphatic rings. The first-order valence-corrected chi connectivity index (χ1v) is 13.0. The van der Waals surface area contributed by atoms with Gasteiger partial charge in [-0.25, -0.2) is 4.98 Å². The molecule has 31 heavy (non-hydrogen) atoms. The van der Waals surface area contributed by atoms with Crippen molar-refractivity contribution in [3.05, 3.63) is 28.4 Å². The lowest BCUT2D eigenvalue weighted by Crippen LogP contribution is -2.34. The SMILES string of the molecule is CCCNC1CCC(Cc2cc(-c3csc(OCC4CCOCC4)n3)c(Cl)cn2)CC1. The van der Waals surface area contributed by atoms with E-state index in [9.17, 15) is 0 Å². The standard InChI is InChI=1S/C24H34ClN3O2S/c1-2-9-26-19-5-3-17(4-6-19)12-20-13-21(22(25)14-27-20)23-16-31-24(28-23)30-15-18-7-10-29-11-8-18/h13-14,16-19,26H,2-12,15H2,1H3. The molecule has 0 bridgehead atoms. The Kier molecular flexibility index (Phi) is 8.59.